The zero-order chi connectivity index (χ0) is 48.7. The van der Waals surface area contributed by atoms with Crippen molar-refractivity contribution in [2.75, 3.05) is 37.6 Å². The van der Waals surface area contributed by atoms with Crippen LogP contribution in [0.3, 0.4) is 0 Å². The number of nitriles is 1. The molecule has 4 heterocycles. The first-order chi connectivity index (χ1) is 32.4. The van der Waals surface area contributed by atoms with Gasteiger partial charge in [-0.3, -0.25) is 24.0 Å². The molecule has 2 saturated heterocycles. The van der Waals surface area contributed by atoms with Crippen molar-refractivity contribution in [3.8, 4) is 16.5 Å². The average molecular weight is 939 g/mol. The van der Waals surface area contributed by atoms with Crippen molar-refractivity contribution in [2.24, 2.45) is 5.41 Å². The Morgan fingerprint density at radius 3 is 2.40 bits per heavy atom. The minimum Gasteiger partial charge on any atom is -0.391 e. The number of fused-ring (bicyclic) bond motifs is 4. The molecule has 0 radical (unpaired) electrons. The highest BCUT2D eigenvalue weighted by atomic mass is 32.1. The monoisotopic (exact) mass is 938 g/mol. The van der Waals surface area contributed by atoms with E-state index in [1.54, 1.807) is 23.5 Å². The molecule has 3 atom stereocenters. The van der Waals surface area contributed by atoms with Gasteiger partial charge in [0.2, 0.25) is 23.6 Å². The number of aliphatic hydroxyl groups is 1. The van der Waals surface area contributed by atoms with Crippen LogP contribution in [-0.4, -0.2) is 105 Å². The minimum absolute atomic E-state index is 0.0102. The number of piperazine rings is 1. The van der Waals surface area contributed by atoms with Crippen molar-refractivity contribution in [3.05, 3.63) is 105 Å². The van der Waals surface area contributed by atoms with Crippen LogP contribution in [0, 0.1) is 23.7 Å². The first-order valence-corrected chi connectivity index (χ1v) is 24.6. The molecule has 4 amide bonds. The highest BCUT2D eigenvalue weighted by Gasteiger charge is 2.45. The fraction of sp³-hybridized carbons (Fsp3) is 0.453. The number of aromatic nitrogens is 2. The Balaban J connectivity index is 0.819. The number of anilines is 1. The molecule has 1 unspecified atom stereocenters. The lowest BCUT2D eigenvalue weighted by atomic mass is 9.70. The fourth-order valence-electron chi connectivity index (χ4n) is 10.1. The molecule has 3 aromatic carbocycles. The Labute approximate surface area is 402 Å². The fourth-order valence-corrected chi connectivity index (χ4v) is 10.9. The van der Waals surface area contributed by atoms with Crippen LogP contribution in [0.2, 0.25) is 0 Å². The molecule has 8 rings (SSSR count). The van der Waals surface area contributed by atoms with Gasteiger partial charge in [-0.2, -0.15) is 5.26 Å². The molecule has 0 saturated carbocycles. The van der Waals surface area contributed by atoms with E-state index in [0.29, 0.717) is 62.1 Å². The van der Waals surface area contributed by atoms with Crippen molar-refractivity contribution >= 4 is 57.3 Å². The van der Waals surface area contributed by atoms with Gasteiger partial charge in [-0.25, -0.2) is 4.98 Å². The van der Waals surface area contributed by atoms with Crippen LogP contribution in [0.15, 0.2) is 60.1 Å². The topological polar surface area (TPSA) is 192 Å². The first kappa shape index (κ1) is 48.1. The number of likely N-dealkylation sites (tertiary alicyclic amines) is 1. The standard InChI is InChI=1S/C53H62N8O6S/c1-8-34-24-38-39(53(6,7)48-45(46(38)65)37-18-15-33(27-54)23-40(37)57-48)26-41(34)59-19-21-60(22-20-59)44(64)12-10-9-11-43(63)58-49(52(3,4)5)51(67)61-29-36(62)25-42(61)50(66)55-28-32-13-16-35(17-14-32)47-31(2)56-30-68-47/h13-18,23-24,26,30,36,42,49,57,62H,8-12,19-22,25,28-29H2,1-7H3,(H,55,66)(H,58,63)/t36-,42?,49-/m1/s1. The Bertz CT molecular complexity index is 2810. The van der Waals surface area contributed by atoms with E-state index in [1.165, 1.54) is 4.90 Å². The molecule has 1 aliphatic carbocycles. The third kappa shape index (κ3) is 9.53. The summed E-state index contributed by atoms with van der Waals surface area (Å²) in [6.07, 6.45) is 1.37. The summed E-state index contributed by atoms with van der Waals surface area (Å²) >= 11 is 1.57. The van der Waals surface area contributed by atoms with Gasteiger partial charge in [-0.15, -0.1) is 11.3 Å². The van der Waals surface area contributed by atoms with Gasteiger partial charge in [0.15, 0.2) is 5.78 Å². The zero-order valence-corrected chi connectivity index (χ0v) is 40.9. The van der Waals surface area contributed by atoms with Crippen LogP contribution in [0.1, 0.15) is 123 Å². The maximum atomic E-state index is 14.1. The van der Waals surface area contributed by atoms with E-state index in [1.807, 2.05) is 74.5 Å². The molecular weight excluding hydrogens is 877 g/mol. The summed E-state index contributed by atoms with van der Waals surface area (Å²) < 4.78 is 0. The van der Waals surface area contributed by atoms with Gasteiger partial charge in [-0.05, 0) is 78.1 Å². The zero-order valence-electron chi connectivity index (χ0n) is 40.1. The highest BCUT2D eigenvalue weighted by Crippen LogP contribution is 2.46. The normalized spacial score (nSPS) is 18.2. The molecule has 4 N–H and O–H groups in total. The van der Waals surface area contributed by atoms with Crippen molar-refractivity contribution in [1.82, 2.24) is 30.4 Å². The molecular formula is C53H62N8O6S. The van der Waals surface area contributed by atoms with Gasteiger partial charge in [0.05, 0.1) is 39.4 Å². The van der Waals surface area contributed by atoms with Crippen molar-refractivity contribution < 1.29 is 29.1 Å². The summed E-state index contributed by atoms with van der Waals surface area (Å²) in [5.41, 5.74) is 10.2. The van der Waals surface area contributed by atoms with Crippen LogP contribution < -0.4 is 15.5 Å². The number of carbonyl (C=O) groups excluding carboxylic acids is 5. The summed E-state index contributed by atoms with van der Waals surface area (Å²) in [7, 11) is 0. The SMILES string of the molecule is CCc1cc2c(cc1N1CCN(C(=O)CCCCC(=O)N[C@H](C(=O)N3C[C@H](O)CC3C(=O)NCc3ccc(-c4scnc4C)cc3)C(C)(C)C)CC1)C(C)(C)c1[nH]c3cc(C#N)ccc3c1C2=O. The molecule has 5 aromatic rings. The number of aromatic amines is 1. The quantitative estimate of drug-likeness (QED) is 0.0908. The number of aryl methyl sites for hydroxylation is 2. The maximum Gasteiger partial charge on any atom is 0.246 e. The van der Waals surface area contributed by atoms with Crippen LogP contribution in [0.5, 0.6) is 0 Å². The van der Waals surface area contributed by atoms with E-state index in [9.17, 15) is 34.3 Å². The van der Waals surface area contributed by atoms with E-state index in [2.05, 4.69) is 58.4 Å². The lowest BCUT2D eigenvalue weighted by Gasteiger charge is -2.39. The molecule has 2 fully saturated rings. The third-order valence-electron chi connectivity index (χ3n) is 14.0. The van der Waals surface area contributed by atoms with Gasteiger partial charge < -0.3 is 35.4 Å². The van der Waals surface area contributed by atoms with E-state index in [-0.39, 0.29) is 49.4 Å². The second-order valence-corrected chi connectivity index (χ2v) is 21.0. The summed E-state index contributed by atoms with van der Waals surface area (Å²) in [4.78, 5) is 83.1. The number of H-pyrrole nitrogens is 1. The lowest BCUT2D eigenvalue weighted by Crippen LogP contribution is -2.57. The number of thiazole rings is 1. The van der Waals surface area contributed by atoms with Gasteiger partial charge in [0, 0.05) is 91.8 Å². The molecule has 2 aliphatic heterocycles. The predicted molar refractivity (Wildman–Crippen MR) is 263 cm³/mol. The molecule has 0 bridgehead atoms. The third-order valence-corrected chi connectivity index (χ3v) is 15.0. The number of nitrogens with zero attached hydrogens (tertiary/aromatic N) is 5. The average Bonchev–Trinajstić information content (AvgIpc) is 4.06. The number of ketones is 1. The number of unbranched alkanes of at least 4 members (excludes halogenated alkanes) is 1. The number of nitrogens with one attached hydrogen (secondary N) is 3. The largest absolute Gasteiger partial charge is 0.391 e. The number of β-amino-alcohol motifs (C(OH)–C–C–N with tert-alkyl or cyclic N) is 1. The van der Waals surface area contributed by atoms with Crippen LogP contribution in [0.4, 0.5) is 5.69 Å². The smallest absolute Gasteiger partial charge is 0.246 e. The van der Waals surface area contributed by atoms with Gasteiger partial charge in [0.25, 0.3) is 0 Å². The predicted octanol–water partition coefficient (Wildman–Crippen LogP) is 6.92. The number of hydrogen-bond donors (Lipinski definition) is 4. The molecule has 3 aliphatic rings. The number of aliphatic hydroxyl groups excluding tert-OH is 1. The molecule has 2 aromatic heterocycles. The highest BCUT2D eigenvalue weighted by molar-refractivity contribution is 7.13. The molecule has 68 heavy (non-hydrogen) atoms. The van der Waals surface area contributed by atoms with Crippen molar-refractivity contribution in [2.45, 2.75) is 117 Å². The summed E-state index contributed by atoms with van der Waals surface area (Å²) in [5, 5.41) is 26.8. The van der Waals surface area contributed by atoms with Gasteiger partial charge in [0.1, 0.15) is 12.1 Å². The summed E-state index contributed by atoms with van der Waals surface area (Å²) in [6, 6.07) is 17.9. The number of carbonyl (C=O) groups is 5. The number of rotatable bonds is 13. The number of amides is 4. The number of benzene rings is 3. The maximum absolute atomic E-state index is 14.1. The summed E-state index contributed by atoms with van der Waals surface area (Å²) in [5.74, 6) is -1.08. The van der Waals surface area contributed by atoms with Gasteiger partial charge in [-0.1, -0.05) is 71.9 Å². The van der Waals surface area contributed by atoms with Crippen molar-refractivity contribution in [1.29, 1.82) is 5.26 Å². The second-order valence-electron chi connectivity index (χ2n) is 20.1. The van der Waals surface area contributed by atoms with Crippen LogP contribution in [0.25, 0.3) is 21.3 Å². The van der Waals surface area contributed by atoms with E-state index in [4.69, 9.17) is 0 Å². The summed E-state index contributed by atoms with van der Waals surface area (Å²) in [6.45, 7) is 16.5. The molecule has 356 valence electrons. The minimum atomic E-state index is -0.934. The Hall–Kier alpha value is -6.37. The first-order valence-electron chi connectivity index (χ1n) is 23.8. The van der Waals surface area contributed by atoms with E-state index in [0.717, 1.165) is 61.5 Å². The molecule has 14 nitrogen and oxygen atoms in total. The van der Waals surface area contributed by atoms with Gasteiger partial charge >= 0.3 is 0 Å². The van der Waals surface area contributed by atoms with E-state index >= 15 is 0 Å². The Morgan fingerprint density at radius 1 is 1.01 bits per heavy atom. The number of hydrogen-bond acceptors (Lipinski definition) is 10. The second kappa shape index (κ2) is 19.3. The molecule has 15 heteroatoms. The molecule has 0 spiro atoms. The van der Waals surface area contributed by atoms with E-state index < -0.39 is 34.9 Å². The lowest BCUT2D eigenvalue weighted by molar-refractivity contribution is -0.144. The van der Waals surface area contributed by atoms with Crippen molar-refractivity contribution in [3.63, 3.8) is 0 Å². The van der Waals surface area contributed by atoms with Crippen LogP contribution >= 0.6 is 11.3 Å². The Morgan fingerprint density at radius 2 is 1.74 bits per heavy atom. The Kier molecular flexibility index (Phi) is 13.7. The van der Waals surface area contributed by atoms with Crippen LogP contribution in [-0.2, 0) is 37.6 Å².